The summed E-state index contributed by atoms with van der Waals surface area (Å²) in [6.45, 7) is 9.18. The Kier molecular flexibility index (Phi) is 12.0. The summed E-state index contributed by atoms with van der Waals surface area (Å²) < 4.78 is 10.7. The van der Waals surface area contributed by atoms with Crippen LogP contribution in [0.5, 0.6) is 5.75 Å². The Balaban J connectivity index is 2.48. The van der Waals surface area contributed by atoms with E-state index in [4.69, 9.17) is 9.47 Å². The molecule has 0 aliphatic carbocycles. The third-order valence-electron chi connectivity index (χ3n) is 5.92. The molecular weight excluding hydrogens is 502 g/mol. The van der Waals surface area contributed by atoms with Gasteiger partial charge in [-0.1, -0.05) is 37.3 Å². The minimum Gasteiger partial charge on any atom is -0.497 e. The summed E-state index contributed by atoms with van der Waals surface area (Å²) in [5.41, 5.74) is 0.547. The number of ether oxygens (including phenoxy) is 2. The number of hydrogen-bond donors (Lipinski definition) is 2. The molecule has 3 atom stereocenters. The van der Waals surface area contributed by atoms with Gasteiger partial charge in [0.2, 0.25) is 5.91 Å². The largest absolute Gasteiger partial charge is 0.497 e. The van der Waals surface area contributed by atoms with E-state index in [1.54, 1.807) is 68.8 Å². The number of thioether (sulfide) groups is 1. The van der Waals surface area contributed by atoms with E-state index < -0.39 is 23.8 Å². The lowest BCUT2D eigenvalue weighted by atomic mass is 9.99. The molecule has 0 saturated heterocycles. The molecule has 9 heteroatoms. The zero-order valence-electron chi connectivity index (χ0n) is 23.4. The van der Waals surface area contributed by atoms with Crippen LogP contribution in [0, 0.1) is 0 Å². The smallest absolute Gasteiger partial charge is 0.408 e. The van der Waals surface area contributed by atoms with Gasteiger partial charge in [0, 0.05) is 11.7 Å². The van der Waals surface area contributed by atoms with Crippen molar-refractivity contribution < 1.29 is 23.9 Å². The van der Waals surface area contributed by atoms with Gasteiger partial charge in [-0.3, -0.25) is 9.59 Å². The third kappa shape index (κ3) is 9.28. The molecule has 0 fully saturated rings. The van der Waals surface area contributed by atoms with Gasteiger partial charge in [0.05, 0.1) is 7.11 Å². The van der Waals surface area contributed by atoms with Crippen LogP contribution in [-0.4, -0.2) is 59.6 Å². The minimum absolute atomic E-state index is 0.286. The van der Waals surface area contributed by atoms with E-state index in [2.05, 4.69) is 10.6 Å². The summed E-state index contributed by atoms with van der Waals surface area (Å²) >= 11 is 1.58. The van der Waals surface area contributed by atoms with Crippen LogP contribution in [0.2, 0.25) is 0 Å². The summed E-state index contributed by atoms with van der Waals surface area (Å²) in [6.07, 6.45) is 2.29. The predicted molar refractivity (Wildman–Crippen MR) is 154 cm³/mol. The summed E-state index contributed by atoms with van der Waals surface area (Å²) in [7, 11) is 1.58. The van der Waals surface area contributed by atoms with Crippen molar-refractivity contribution in [1.29, 1.82) is 0 Å². The Morgan fingerprint density at radius 1 is 1.03 bits per heavy atom. The van der Waals surface area contributed by atoms with Crippen LogP contribution < -0.4 is 15.4 Å². The van der Waals surface area contributed by atoms with Crippen molar-refractivity contribution in [1.82, 2.24) is 10.2 Å². The SMILES string of the molecule is CCC(C)N(C(=O)C(CCSC)NC(=O)OC(C)(C)C)C(C(=O)Nc1ccc(OC)cc1)c1ccccc1. The van der Waals surface area contributed by atoms with Gasteiger partial charge in [-0.2, -0.15) is 11.8 Å². The molecule has 0 spiro atoms. The molecule has 2 aromatic rings. The molecule has 38 heavy (non-hydrogen) atoms. The van der Waals surface area contributed by atoms with Gasteiger partial charge in [0.1, 0.15) is 23.4 Å². The number of benzene rings is 2. The van der Waals surface area contributed by atoms with Gasteiger partial charge < -0.3 is 25.0 Å². The molecule has 0 radical (unpaired) electrons. The molecule has 2 N–H and O–H groups in total. The first-order valence-electron chi connectivity index (χ1n) is 12.8. The van der Waals surface area contributed by atoms with Crippen molar-refractivity contribution in [3.63, 3.8) is 0 Å². The van der Waals surface area contributed by atoms with E-state index in [1.807, 2.05) is 50.4 Å². The second-order valence-corrected chi connectivity index (χ2v) is 11.0. The molecule has 208 valence electrons. The molecule has 0 bridgehead atoms. The second-order valence-electron chi connectivity index (χ2n) is 10.0. The lowest BCUT2D eigenvalue weighted by molar-refractivity contribution is -0.143. The maximum atomic E-state index is 14.2. The topological polar surface area (TPSA) is 97.0 Å². The molecule has 2 rings (SSSR count). The van der Waals surface area contributed by atoms with Gasteiger partial charge in [0.15, 0.2) is 0 Å². The van der Waals surface area contributed by atoms with E-state index >= 15 is 0 Å². The van der Waals surface area contributed by atoms with Crippen LogP contribution in [0.25, 0.3) is 0 Å². The van der Waals surface area contributed by atoms with Gasteiger partial charge >= 0.3 is 6.09 Å². The summed E-state index contributed by atoms with van der Waals surface area (Å²) in [6, 6.07) is 14.2. The zero-order valence-corrected chi connectivity index (χ0v) is 24.3. The number of amides is 3. The van der Waals surface area contributed by atoms with Gasteiger partial charge in [0.25, 0.3) is 5.91 Å². The minimum atomic E-state index is -0.919. The Morgan fingerprint density at radius 3 is 2.18 bits per heavy atom. The summed E-state index contributed by atoms with van der Waals surface area (Å²) in [4.78, 5) is 42.2. The van der Waals surface area contributed by atoms with Crippen molar-refractivity contribution in [2.75, 3.05) is 24.4 Å². The number of anilines is 1. The summed E-state index contributed by atoms with van der Waals surface area (Å²) in [5, 5.41) is 5.72. The first-order valence-corrected chi connectivity index (χ1v) is 14.2. The lowest BCUT2D eigenvalue weighted by Gasteiger charge is -2.38. The monoisotopic (exact) mass is 543 g/mol. The van der Waals surface area contributed by atoms with Crippen molar-refractivity contribution >= 4 is 35.4 Å². The van der Waals surface area contributed by atoms with E-state index in [0.717, 1.165) is 0 Å². The van der Waals surface area contributed by atoms with Crippen LogP contribution >= 0.6 is 11.8 Å². The number of nitrogens with one attached hydrogen (secondary N) is 2. The fourth-order valence-corrected chi connectivity index (χ4v) is 4.35. The van der Waals surface area contributed by atoms with Crippen LogP contribution in [0.1, 0.15) is 59.1 Å². The average molecular weight is 544 g/mol. The fourth-order valence-electron chi connectivity index (χ4n) is 3.88. The van der Waals surface area contributed by atoms with Crippen LogP contribution in [0.15, 0.2) is 54.6 Å². The van der Waals surface area contributed by atoms with Crippen LogP contribution in [-0.2, 0) is 14.3 Å². The maximum Gasteiger partial charge on any atom is 0.408 e. The average Bonchev–Trinajstić information content (AvgIpc) is 2.88. The zero-order chi connectivity index (χ0) is 28.3. The molecule has 0 aromatic heterocycles. The van der Waals surface area contributed by atoms with E-state index in [1.165, 1.54) is 0 Å². The number of hydrogen-bond acceptors (Lipinski definition) is 6. The second kappa shape index (κ2) is 14.7. The normalized spacial score (nSPS) is 13.6. The number of rotatable bonds is 12. The van der Waals surface area contributed by atoms with E-state index in [9.17, 15) is 14.4 Å². The lowest BCUT2D eigenvalue weighted by Crippen LogP contribution is -2.55. The highest BCUT2D eigenvalue weighted by atomic mass is 32.2. The molecule has 0 heterocycles. The van der Waals surface area contributed by atoms with Crippen LogP contribution in [0.4, 0.5) is 10.5 Å². The number of carbonyl (C=O) groups excluding carboxylic acids is 3. The van der Waals surface area contributed by atoms with Gasteiger partial charge in [-0.25, -0.2) is 4.79 Å². The first-order chi connectivity index (χ1) is 18.0. The summed E-state index contributed by atoms with van der Waals surface area (Å²) in [5.74, 6) is 0.631. The molecule has 3 unspecified atom stereocenters. The quantitative estimate of drug-likeness (QED) is 0.359. The van der Waals surface area contributed by atoms with Crippen molar-refractivity contribution in [3.05, 3.63) is 60.2 Å². The Labute approximate surface area is 230 Å². The molecule has 2 aromatic carbocycles. The molecule has 3 amide bonds. The highest BCUT2D eigenvalue weighted by molar-refractivity contribution is 7.98. The Morgan fingerprint density at radius 2 is 1.66 bits per heavy atom. The Bertz CT molecular complexity index is 1040. The van der Waals surface area contributed by atoms with Gasteiger partial charge in [-0.05, 0) is 82.4 Å². The molecule has 0 saturated carbocycles. The number of alkyl carbamates (subject to hydrolysis) is 1. The first kappa shape index (κ1) is 31.0. The van der Waals surface area contributed by atoms with Crippen molar-refractivity contribution in [2.45, 2.75) is 71.2 Å². The van der Waals surface area contributed by atoms with Crippen molar-refractivity contribution in [3.8, 4) is 5.75 Å². The standard InChI is InChI=1S/C29H41N3O5S/c1-8-20(2)32(27(34)24(18-19-38-7)31-28(35)37-29(3,4)5)25(21-12-10-9-11-13-21)26(33)30-22-14-16-23(36-6)17-15-22/h9-17,20,24-25H,8,18-19H2,1-7H3,(H,30,33)(H,31,35). The van der Waals surface area contributed by atoms with Gasteiger partial charge in [-0.15, -0.1) is 0 Å². The number of carbonyl (C=O) groups is 3. The van der Waals surface area contributed by atoms with Crippen molar-refractivity contribution in [2.24, 2.45) is 0 Å². The molecule has 0 aliphatic heterocycles. The number of methoxy groups -OCH3 is 1. The van der Waals surface area contributed by atoms with E-state index in [0.29, 0.717) is 35.6 Å². The highest BCUT2D eigenvalue weighted by Gasteiger charge is 2.38. The Hall–Kier alpha value is -3.20. The molecule has 0 aliphatic rings. The number of nitrogens with zero attached hydrogens (tertiary/aromatic N) is 1. The molecule has 8 nitrogen and oxygen atoms in total. The highest BCUT2D eigenvalue weighted by Crippen LogP contribution is 2.28. The predicted octanol–water partition coefficient (Wildman–Crippen LogP) is 5.65. The van der Waals surface area contributed by atoms with Crippen LogP contribution in [0.3, 0.4) is 0 Å². The van der Waals surface area contributed by atoms with E-state index in [-0.39, 0.29) is 17.9 Å². The maximum absolute atomic E-state index is 14.2. The fraction of sp³-hybridized carbons (Fsp3) is 0.483. The molecular formula is C29H41N3O5S. The third-order valence-corrected chi connectivity index (χ3v) is 6.56.